The third-order valence-electron chi connectivity index (χ3n) is 3.59. The van der Waals surface area contributed by atoms with Crippen LogP contribution in [0.25, 0.3) is 0 Å². The van der Waals surface area contributed by atoms with Crippen LogP contribution in [0.1, 0.15) is 25.5 Å². The molecule has 1 aliphatic rings. The van der Waals surface area contributed by atoms with Crippen molar-refractivity contribution in [2.75, 3.05) is 13.2 Å². The van der Waals surface area contributed by atoms with E-state index in [9.17, 15) is 9.90 Å². The Morgan fingerprint density at radius 2 is 2.47 bits per heavy atom. The molecular weight excluding hydrogens is 244 g/mol. The Bertz CT molecular complexity index is 424. The van der Waals surface area contributed by atoms with Crippen LogP contribution in [0.15, 0.2) is 24.4 Å². The highest BCUT2D eigenvalue weighted by atomic mass is 16.5. The lowest BCUT2D eigenvalue weighted by Gasteiger charge is -2.26. The van der Waals surface area contributed by atoms with Crippen molar-refractivity contribution in [3.05, 3.63) is 30.1 Å². The van der Waals surface area contributed by atoms with Gasteiger partial charge >= 0.3 is 0 Å². The maximum Gasteiger partial charge on any atom is 0.220 e. The van der Waals surface area contributed by atoms with E-state index < -0.39 is 5.60 Å². The maximum absolute atomic E-state index is 11.7. The van der Waals surface area contributed by atoms with E-state index >= 15 is 0 Å². The molecule has 0 bridgehead atoms. The number of amides is 1. The summed E-state index contributed by atoms with van der Waals surface area (Å²) in [5.74, 6) is -0.0711. The Morgan fingerprint density at radius 3 is 3.11 bits per heavy atom. The summed E-state index contributed by atoms with van der Waals surface area (Å²) in [5.41, 5.74) is -0.0327. The van der Waals surface area contributed by atoms with E-state index in [1.165, 1.54) is 0 Å². The normalized spacial score (nSPS) is 26.3. The lowest BCUT2D eigenvalue weighted by molar-refractivity contribution is -0.122. The molecule has 5 nitrogen and oxygen atoms in total. The third kappa shape index (κ3) is 3.75. The Hall–Kier alpha value is -1.46. The number of carbonyl (C=O) groups is 1. The van der Waals surface area contributed by atoms with Crippen LogP contribution in [-0.2, 0) is 16.0 Å². The first-order valence-electron chi connectivity index (χ1n) is 6.61. The SMILES string of the molecule is CC1OCCC1(O)CNC(=O)CCc1ccccn1. The Labute approximate surface area is 113 Å². The van der Waals surface area contributed by atoms with E-state index in [4.69, 9.17) is 4.74 Å². The van der Waals surface area contributed by atoms with Gasteiger partial charge in [0, 0.05) is 37.9 Å². The number of ether oxygens (including phenoxy) is 1. The number of aryl methyl sites for hydroxylation is 1. The van der Waals surface area contributed by atoms with Gasteiger partial charge in [-0.05, 0) is 25.5 Å². The number of aromatic nitrogens is 1. The van der Waals surface area contributed by atoms with E-state index in [0.29, 0.717) is 25.9 Å². The molecule has 104 valence electrons. The minimum absolute atomic E-state index is 0.0711. The molecule has 19 heavy (non-hydrogen) atoms. The molecule has 1 fully saturated rings. The Kier molecular flexibility index (Phi) is 4.50. The van der Waals surface area contributed by atoms with Gasteiger partial charge in [0.1, 0.15) is 5.60 Å². The van der Waals surface area contributed by atoms with E-state index in [0.717, 1.165) is 5.69 Å². The van der Waals surface area contributed by atoms with Crippen molar-refractivity contribution in [1.82, 2.24) is 10.3 Å². The summed E-state index contributed by atoms with van der Waals surface area (Å²) in [6, 6.07) is 5.65. The van der Waals surface area contributed by atoms with Crippen molar-refractivity contribution >= 4 is 5.91 Å². The molecule has 2 heterocycles. The first-order valence-corrected chi connectivity index (χ1v) is 6.61. The summed E-state index contributed by atoms with van der Waals surface area (Å²) in [6.45, 7) is 2.61. The molecule has 1 amide bonds. The van der Waals surface area contributed by atoms with Gasteiger partial charge in [0.05, 0.1) is 6.10 Å². The molecule has 0 aromatic carbocycles. The average Bonchev–Trinajstić information content (AvgIpc) is 2.76. The standard InChI is InChI=1S/C14H20N2O3/c1-11-14(18,7-9-19-11)10-16-13(17)6-5-12-4-2-3-8-15-12/h2-4,8,11,18H,5-7,9-10H2,1H3,(H,16,17). The van der Waals surface area contributed by atoms with E-state index in [1.54, 1.807) is 6.20 Å². The number of nitrogens with one attached hydrogen (secondary N) is 1. The molecule has 2 rings (SSSR count). The molecular formula is C14H20N2O3. The molecule has 2 atom stereocenters. The van der Waals surface area contributed by atoms with Crippen LogP contribution in [0.4, 0.5) is 0 Å². The molecule has 1 saturated heterocycles. The lowest BCUT2D eigenvalue weighted by Crippen LogP contribution is -2.47. The molecule has 5 heteroatoms. The van der Waals surface area contributed by atoms with Crippen molar-refractivity contribution in [1.29, 1.82) is 0 Å². The second-order valence-corrected chi connectivity index (χ2v) is 4.96. The van der Waals surface area contributed by atoms with Gasteiger partial charge in [-0.15, -0.1) is 0 Å². The molecule has 1 aliphatic heterocycles. The number of aliphatic hydroxyl groups is 1. The number of rotatable bonds is 5. The zero-order valence-corrected chi connectivity index (χ0v) is 11.1. The second-order valence-electron chi connectivity index (χ2n) is 4.96. The monoisotopic (exact) mass is 264 g/mol. The molecule has 0 aliphatic carbocycles. The molecule has 2 unspecified atom stereocenters. The van der Waals surface area contributed by atoms with E-state index in [1.807, 2.05) is 25.1 Å². The van der Waals surface area contributed by atoms with Crippen molar-refractivity contribution in [3.63, 3.8) is 0 Å². The van der Waals surface area contributed by atoms with Gasteiger partial charge in [-0.3, -0.25) is 9.78 Å². The fourth-order valence-corrected chi connectivity index (χ4v) is 2.13. The summed E-state index contributed by atoms with van der Waals surface area (Å²) >= 11 is 0. The van der Waals surface area contributed by atoms with Crippen LogP contribution in [0.5, 0.6) is 0 Å². The summed E-state index contributed by atoms with van der Waals surface area (Å²) in [4.78, 5) is 15.9. The molecule has 2 N–H and O–H groups in total. The topological polar surface area (TPSA) is 71.5 Å². The summed E-state index contributed by atoms with van der Waals surface area (Å²) < 4.78 is 5.32. The van der Waals surface area contributed by atoms with Crippen LogP contribution in [-0.4, -0.2) is 40.9 Å². The van der Waals surface area contributed by atoms with Gasteiger partial charge in [0.15, 0.2) is 0 Å². The zero-order chi connectivity index (χ0) is 13.7. The molecule has 0 spiro atoms. The van der Waals surface area contributed by atoms with Gasteiger partial charge in [0.2, 0.25) is 5.91 Å². The van der Waals surface area contributed by atoms with Crippen LogP contribution in [0.2, 0.25) is 0 Å². The highest BCUT2D eigenvalue weighted by Gasteiger charge is 2.39. The number of nitrogens with zero attached hydrogens (tertiary/aromatic N) is 1. The van der Waals surface area contributed by atoms with Gasteiger partial charge in [-0.1, -0.05) is 6.07 Å². The molecule has 1 aromatic rings. The fraction of sp³-hybridized carbons (Fsp3) is 0.571. The highest BCUT2D eigenvalue weighted by molar-refractivity contribution is 5.76. The maximum atomic E-state index is 11.7. The Balaban J connectivity index is 1.73. The minimum atomic E-state index is -0.930. The molecule has 0 radical (unpaired) electrons. The quantitative estimate of drug-likeness (QED) is 0.820. The van der Waals surface area contributed by atoms with Crippen molar-refractivity contribution in [2.24, 2.45) is 0 Å². The summed E-state index contributed by atoms with van der Waals surface area (Å²) in [6.07, 6.45) is 3.03. The minimum Gasteiger partial charge on any atom is -0.385 e. The number of carbonyl (C=O) groups excluding carboxylic acids is 1. The van der Waals surface area contributed by atoms with Crippen molar-refractivity contribution in [3.8, 4) is 0 Å². The van der Waals surface area contributed by atoms with Crippen LogP contribution < -0.4 is 5.32 Å². The number of hydrogen-bond acceptors (Lipinski definition) is 4. The largest absolute Gasteiger partial charge is 0.385 e. The average molecular weight is 264 g/mol. The van der Waals surface area contributed by atoms with Crippen molar-refractivity contribution < 1.29 is 14.6 Å². The van der Waals surface area contributed by atoms with Gasteiger partial charge in [0.25, 0.3) is 0 Å². The summed E-state index contributed by atoms with van der Waals surface area (Å²) in [5, 5.41) is 13.0. The predicted molar refractivity (Wildman–Crippen MR) is 70.5 cm³/mol. The smallest absolute Gasteiger partial charge is 0.220 e. The predicted octanol–water partition coefficient (Wildman–Crippen LogP) is 0.670. The van der Waals surface area contributed by atoms with Crippen LogP contribution >= 0.6 is 0 Å². The number of pyridine rings is 1. The fourth-order valence-electron chi connectivity index (χ4n) is 2.13. The van der Waals surface area contributed by atoms with Gasteiger partial charge in [-0.2, -0.15) is 0 Å². The van der Waals surface area contributed by atoms with Gasteiger partial charge in [-0.25, -0.2) is 0 Å². The highest BCUT2D eigenvalue weighted by Crippen LogP contribution is 2.24. The Morgan fingerprint density at radius 1 is 1.63 bits per heavy atom. The first kappa shape index (κ1) is 14.0. The molecule has 0 saturated carbocycles. The van der Waals surface area contributed by atoms with Crippen LogP contribution in [0.3, 0.4) is 0 Å². The lowest BCUT2D eigenvalue weighted by atomic mass is 9.96. The second kappa shape index (κ2) is 6.12. The number of hydrogen-bond donors (Lipinski definition) is 2. The van der Waals surface area contributed by atoms with Crippen molar-refractivity contribution in [2.45, 2.75) is 37.9 Å². The molecule has 1 aromatic heterocycles. The first-order chi connectivity index (χ1) is 9.10. The summed E-state index contributed by atoms with van der Waals surface area (Å²) in [7, 11) is 0. The van der Waals surface area contributed by atoms with Crippen LogP contribution in [0, 0.1) is 0 Å². The van der Waals surface area contributed by atoms with Gasteiger partial charge < -0.3 is 15.2 Å². The van der Waals surface area contributed by atoms with E-state index in [2.05, 4.69) is 10.3 Å². The van der Waals surface area contributed by atoms with E-state index in [-0.39, 0.29) is 18.6 Å². The third-order valence-corrected chi connectivity index (χ3v) is 3.59. The zero-order valence-electron chi connectivity index (χ0n) is 11.1.